The van der Waals surface area contributed by atoms with Gasteiger partial charge in [0.2, 0.25) is 5.69 Å². The molecule has 0 aliphatic carbocycles. The van der Waals surface area contributed by atoms with Gasteiger partial charge in [-0.2, -0.15) is 0 Å². The molecule has 1 aromatic carbocycles. The predicted octanol–water partition coefficient (Wildman–Crippen LogP) is -0.941. The normalized spacial score (nSPS) is 27.1. The van der Waals surface area contributed by atoms with Gasteiger partial charge in [0.1, 0.15) is 6.21 Å². The highest BCUT2D eigenvalue weighted by Crippen LogP contribution is 2.22. The van der Waals surface area contributed by atoms with Crippen molar-refractivity contribution in [2.24, 2.45) is 0 Å². The molecule has 2 rings (SSSR count). The highest BCUT2D eigenvalue weighted by atomic mass is 16.3. The Kier molecular flexibility index (Phi) is 1.14. The van der Waals surface area contributed by atoms with E-state index in [9.17, 15) is 5.11 Å². The Labute approximate surface area is 65.2 Å². The number of para-hydroxylation sites is 1. The first kappa shape index (κ1) is 6.55. The van der Waals surface area contributed by atoms with Gasteiger partial charge in [0.25, 0.3) is 0 Å². The lowest BCUT2D eigenvalue weighted by molar-refractivity contribution is -0.457. The van der Waals surface area contributed by atoms with Crippen LogP contribution in [0.1, 0.15) is 12.5 Å². The Bertz CT molecular complexity index is 315. The maximum absolute atomic E-state index is 11.6. The van der Waals surface area contributed by atoms with Gasteiger partial charge in [0.05, 0.1) is 0 Å². The second-order valence-electron chi connectivity index (χ2n) is 2.94. The summed E-state index contributed by atoms with van der Waals surface area (Å²) in [7, 11) is 0. The van der Waals surface area contributed by atoms with Gasteiger partial charge in [-0.05, 0) is 5.60 Å². The maximum atomic E-state index is 11.6. The summed E-state index contributed by atoms with van der Waals surface area (Å²) >= 11 is 0. The van der Waals surface area contributed by atoms with Crippen molar-refractivity contribution in [2.45, 2.75) is 12.5 Å². The molecule has 0 fully saturated rings. The molecule has 1 aliphatic rings. The van der Waals surface area contributed by atoms with Crippen molar-refractivity contribution < 1.29 is 10.1 Å². The van der Waals surface area contributed by atoms with Gasteiger partial charge in [-0.25, -0.2) is 4.99 Å². The first-order valence-electron chi connectivity index (χ1n) is 3.61. The molecule has 56 valence electrons. The first-order chi connectivity index (χ1) is 5.20. The fourth-order valence-electron chi connectivity index (χ4n) is 1.34. The molecule has 2 nitrogen and oxygen atoms in total. The van der Waals surface area contributed by atoms with Crippen LogP contribution in [0.2, 0.25) is 0 Å². The Morgan fingerprint density at radius 2 is 2.09 bits per heavy atom. The van der Waals surface area contributed by atoms with Gasteiger partial charge in [-0.1, -0.05) is 25.1 Å². The number of hydrogen-bond donors (Lipinski definition) is 1. The van der Waals surface area contributed by atoms with Crippen LogP contribution in [0.5, 0.6) is 0 Å². The second-order valence-corrected chi connectivity index (χ2v) is 2.94. The predicted molar refractivity (Wildman–Crippen MR) is 40.5 cm³/mol. The quantitative estimate of drug-likeness (QED) is 0.505. The van der Waals surface area contributed by atoms with Crippen LogP contribution in [-0.4, -0.2) is 6.21 Å². The molecule has 0 saturated heterocycles. The molecule has 1 aliphatic heterocycles. The van der Waals surface area contributed by atoms with Crippen molar-refractivity contribution in [3.05, 3.63) is 29.8 Å². The minimum Gasteiger partial charge on any atom is -0.839 e. The molecule has 0 amide bonds. The van der Waals surface area contributed by atoms with Gasteiger partial charge in [-0.3, -0.25) is 0 Å². The Morgan fingerprint density at radius 3 is 2.82 bits per heavy atom. The second kappa shape index (κ2) is 1.92. The van der Waals surface area contributed by atoms with Crippen LogP contribution in [0.25, 0.3) is 0 Å². The van der Waals surface area contributed by atoms with Crippen molar-refractivity contribution in [1.29, 1.82) is 0 Å². The Balaban J connectivity index is 2.64. The monoisotopic (exact) mass is 147 g/mol. The molecule has 11 heavy (non-hydrogen) atoms. The van der Waals surface area contributed by atoms with Crippen LogP contribution in [0, 0.1) is 0 Å². The minimum atomic E-state index is -1.06. The molecule has 0 radical (unpaired) electrons. The van der Waals surface area contributed by atoms with Gasteiger partial charge in [0, 0.05) is 11.6 Å². The Hall–Kier alpha value is -1.15. The van der Waals surface area contributed by atoms with E-state index in [4.69, 9.17) is 0 Å². The lowest BCUT2D eigenvalue weighted by atomic mass is 9.99. The molecule has 1 heterocycles. The smallest absolute Gasteiger partial charge is 0.206 e. The van der Waals surface area contributed by atoms with Crippen LogP contribution in [-0.2, 0) is 5.60 Å². The molecule has 2 heteroatoms. The zero-order valence-corrected chi connectivity index (χ0v) is 6.29. The molecule has 1 N–H and O–H groups in total. The summed E-state index contributed by atoms with van der Waals surface area (Å²) in [6.45, 7) is 1.66. The van der Waals surface area contributed by atoms with E-state index in [0.717, 1.165) is 11.3 Å². The maximum Gasteiger partial charge on any atom is 0.206 e. The third-order valence-electron chi connectivity index (χ3n) is 1.96. The summed E-state index contributed by atoms with van der Waals surface area (Å²) in [5, 5.41) is 11.6. The SMILES string of the molecule is CC1([O-])C=[NH+]c2ccccc21. The van der Waals surface area contributed by atoms with E-state index in [1.54, 1.807) is 13.1 Å². The summed E-state index contributed by atoms with van der Waals surface area (Å²) in [4.78, 5) is 2.95. The van der Waals surface area contributed by atoms with Crippen LogP contribution in [0.4, 0.5) is 5.69 Å². The summed E-state index contributed by atoms with van der Waals surface area (Å²) < 4.78 is 0. The standard InChI is InChI=1S/C9H8NO/c1-9(11)6-10-8-5-3-2-4-7(8)9/h2-6H,1H3/q-1/p+1. The van der Waals surface area contributed by atoms with Gasteiger partial charge < -0.3 is 5.11 Å². The molecule has 0 aromatic heterocycles. The van der Waals surface area contributed by atoms with Crippen LogP contribution < -0.4 is 10.1 Å². The highest BCUT2D eigenvalue weighted by Gasteiger charge is 2.24. The van der Waals surface area contributed by atoms with Crippen LogP contribution in [0.15, 0.2) is 24.3 Å². The van der Waals surface area contributed by atoms with E-state index in [2.05, 4.69) is 4.99 Å². The molecule has 1 aromatic rings. The fourth-order valence-corrected chi connectivity index (χ4v) is 1.34. The summed E-state index contributed by atoms with van der Waals surface area (Å²) in [5.74, 6) is 0. The summed E-state index contributed by atoms with van der Waals surface area (Å²) in [6.07, 6.45) is 1.58. The van der Waals surface area contributed by atoms with Crippen molar-refractivity contribution in [2.75, 3.05) is 0 Å². The van der Waals surface area contributed by atoms with Crippen LogP contribution >= 0.6 is 0 Å². The van der Waals surface area contributed by atoms with E-state index in [1.165, 1.54) is 0 Å². The lowest BCUT2D eigenvalue weighted by Gasteiger charge is -2.24. The number of benzene rings is 1. The molecular weight excluding hydrogens is 138 g/mol. The van der Waals surface area contributed by atoms with Crippen molar-refractivity contribution in [3.63, 3.8) is 0 Å². The molecule has 1 unspecified atom stereocenters. The molecule has 1 atom stereocenters. The van der Waals surface area contributed by atoms with Crippen LogP contribution in [0.3, 0.4) is 0 Å². The van der Waals surface area contributed by atoms with Gasteiger partial charge in [0.15, 0.2) is 0 Å². The number of nitrogens with one attached hydrogen (secondary N) is 1. The van der Waals surface area contributed by atoms with E-state index >= 15 is 0 Å². The first-order valence-corrected chi connectivity index (χ1v) is 3.61. The average Bonchev–Trinajstić information content (AvgIpc) is 2.29. The molecular formula is C9H9NO. The van der Waals surface area contributed by atoms with Gasteiger partial charge in [-0.15, -0.1) is 0 Å². The largest absolute Gasteiger partial charge is 0.839 e. The molecule has 0 saturated carbocycles. The highest BCUT2D eigenvalue weighted by molar-refractivity contribution is 5.73. The van der Waals surface area contributed by atoms with E-state index in [1.807, 2.05) is 24.3 Å². The summed E-state index contributed by atoms with van der Waals surface area (Å²) in [5.41, 5.74) is 0.710. The minimum absolute atomic E-state index is 0.833. The number of rotatable bonds is 0. The zero-order valence-electron chi connectivity index (χ0n) is 6.29. The van der Waals surface area contributed by atoms with E-state index in [-0.39, 0.29) is 0 Å². The van der Waals surface area contributed by atoms with E-state index in [0.29, 0.717) is 0 Å². The lowest BCUT2D eigenvalue weighted by Crippen LogP contribution is -2.61. The van der Waals surface area contributed by atoms with Gasteiger partial charge >= 0.3 is 0 Å². The number of hydrogen-bond acceptors (Lipinski definition) is 1. The average molecular weight is 147 g/mol. The Morgan fingerprint density at radius 1 is 1.36 bits per heavy atom. The molecule has 0 bridgehead atoms. The number of fused-ring (bicyclic) bond motifs is 1. The zero-order chi connectivity index (χ0) is 7.90. The third kappa shape index (κ3) is 0.870. The van der Waals surface area contributed by atoms with E-state index < -0.39 is 5.60 Å². The third-order valence-corrected chi connectivity index (χ3v) is 1.96. The van der Waals surface area contributed by atoms with Crippen molar-refractivity contribution >= 4 is 11.9 Å². The topological polar surface area (TPSA) is 37.0 Å². The van der Waals surface area contributed by atoms with Crippen molar-refractivity contribution in [1.82, 2.24) is 0 Å². The molecule has 0 spiro atoms. The van der Waals surface area contributed by atoms with Crippen molar-refractivity contribution in [3.8, 4) is 0 Å². The summed E-state index contributed by atoms with van der Waals surface area (Å²) in [6, 6.07) is 7.57. The fraction of sp³-hybridized carbons (Fsp3) is 0.222.